The molecule has 0 unspecified atom stereocenters. The van der Waals surface area contributed by atoms with Crippen molar-refractivity contribution in [1.82, 2.24) is 9.88 Å². The number of aromatic nitrogens is 1. The van der Waals surface area contributed by atoms with Gasteiger partial charge in [0.05, 0.1) is 0 Å². The predicted molar refractivity (Wildman–Crippen MR) is 113 cm³/mol. The summed E-state index contributed by atoms with van der Waals surface area (Å²) in [6.07, 6.45) is 2.06. The number of hydrogen-bond donors (Lipinski definition) is 1. The molecular formula is C24H25N3O2. The lowest BCUT2D eigenvalue weighted by Gasteiger charge is -2.08. The van der Waals surface area contributed by atoms with E-state index in [9.17, 15) is 9.59 Å². The molecular weight excluding hydrogens is 362 g/mol. The van der Waals surface area contributed by atoms with Crippen molar-refractivity contribution in [3.63, 3.8) is 0 Å². The maximum Gasteiger partial charge on any atom is 0.251 e. The number of nitrogens with zero attached hydrogens (tertiary/aromatic N) is 2. The highest BCUT2D eigenvalue weighted by Gasteiger charge is 2.08. The van der Waals surface area contributed by atoms with Crippen molar-refractivity contribution < 1.29 is 9.59 Å². The van der Waals surface area contributed by atoms with Crippen molar-refractivity contribution in [1.29, 1.82) is 0 Å². The maximum atomic E-state index is 12.3. The molecule has 0 saturated heterocycles. The van der Waals surface area contributed by atoms with Gasteiger partial charge in [-0.15, -0.1) is 0 Å². The summed E-state index contributed by atoms with van der Waals surface area (Å²) < 4.78 is 1.94. The number of nitrogens with one attached hydrogen (secondary N) is 1. The van der Waals surface area contributed by atoms with Crippen LogP contribution in [0.15, 0.2) is 77.9 Å². The van der Waals surface area contributed by atoms with Gasteiger partial charge in [0.1, 0.15) is 5.49 Å². The molecule has 5 heteroatoms. The highest BCUT2D eigenvalue weighted by Crippen LogP contribution is 2.06. The van der Waals surface area contributed by atoms with Gasteiger partial charge in [-0.25, -0.2) is 0 Å². The van der Waals surface area contributed by atoms with Gasteiger partial charge in [-0.05, 0) is 43.2 Å². The number of amides is 2. The van der Waals surface area contributed by atoms with E-state index in [1.807, 2.05) is 54.1 Å². The van der Waals surface area contributed by atoms with Crippen LogP contribution >= 0.6 is 0 Å². The van der Waals surface area contributed by atoms with Gasteiger partial charge >= 0.3 is 0 Å². The molecule has 0 fully saturated rings. The van der Waals surface area contributed by atoms with Gasteiger partial charge in [-0.1, -0.05) is 54.1 Å². The van der Waals surface area contributed by atoms with Crippen molar-refractivity contribution in [2.45, 2.75) is 26.8 Å². The Morgan fingerprint density at radius 3 is 2.41 bits per heavy atom. The van der Waals surface area contributed by atoms with E-state index in [0.717, 1.165) is 11.1 Å². The standard InChI is InChI=1S/C24H25N3O2/c1-18-10-12-20(13-11-18)17-27-16-6-5-9-22(27)26-23(28)14-15-25-24(29)21-8-4-3-7-19(21)2/h3-13,16H,14-15,17H2,1-2H3,(H,25,29). The second-order valence-corrected chi connectivity index (χ2v) is 7.00. The van der Waals surface area contributed by atoms with Crippen LogP contribution in [0.5, 0.6) is 0 Å². The van der Waals surface area contributed by atoms with Gasteiger partial charge < -0.3 is 9.88 Å². The van der Waals surface area contributed by atoms with Crippen LogP contribution in [0.3, 0.4) is 0 Å². The predicted octanol–water partition coefficient (Wildman–Crippen LogP) is 3.40. The van der Waals surface area contributed by atoms with Crippen molar-refractivity contribution in [2.75, 3.05) is 6.54 Å². The van der Waals surface area contributed by atoms with Crippen molar-refractivity contribution in [3.05, 3.63) is 101 Å². The Bertz CT molecular complexity index is 1070. The Hall–Kier alpha value is -3.47. The SMILES string of the molecule is Cc1ccc(Cn2ccccc2=NC(=O)CCNC(=O)c2ccccc2C)cc1. The molecule has 3 aromatic rings. The number of aryl methyl sites for hydroxylation is 2. The Labute approximate surface area is 170 Å². The monoisotopic (exact) mass is 387 g/mol. The molecule has 29 heavy (non-hydrogen) atoms. The van der Waals surface area contributed by atoms with Crippen molar-refractivity contribution >= 4 is 11.8 Å². The van der Waals surface area contributed by atoms with Crippen LogP contribution in [0, 0.1) is 13.8 Å². The summed E-state index contributed by atoms with van der Waals surface area (Å²) >= 11 is 0. The summed E-state index contributed by atoms with van der Waals surface area (Å²) in [6, 6.07) is 21.2. The Morgan fingerprint density at radius 2 is 1.66 bits per heavy atom. The quantitative estimate of drug-likeness (QED) is 0.705. The van der Waals surface area contributed by atoms with Gasteiger partial charge in [0.25, 0.3) is 5.91 Å². The topological polar surface area (TPSA) is 63.5 Å². The third-order valence-corrected chi connectivity index (χ3v) is 4.64. The third-order valence-electron chi connectivity index (χ3n) is 4.64. The molecule has 0 saturated carbocycles. The fraction of sp³-hybridized carbons (Fsp3) is 0.208. The molecule has 2 aromatic carbocycles. The molecule has 0 aliphatic heterocycles. The Balaban J connectivity index is 1.63. The van der Waals surface area contributed by atoms with E-state index in [1.165, 1.54) is 5.56 Å². The first-order valence-corrected chi connectivity index (χ1v) is 9.65. The summed E-state index contributed by atoms with van der Waals surface area (Å²) in [4.78, 5) is 28.8. The Morgan fingerprint density at radius 1 is 0.931 bits per heavy atom. The number of carbonyl (C=O) groups is 2. The zero-order valence-electron chi connectivity index (χ0n) is 16.8. The molecule has 1 heterocycles. The fourth-order valence-electron chi connectivity index (χ4n) is 2.98. The van der Waals surface area contributed by atoms with Crippen LogP contribution in [0.2, 0.25) is 0 Å². The summed E-state index contributed by atoms with van der Waals surface area (Å²) in [5, 5.41) is 2.79. The molecule has 1 N–H and O–H groups in total. The Kier molecular flexibility index (Phi) is 6.74. The second kappa shape index (κ2) is 9.64. The number of benzene rings is 2. The van der Waals surface area contributed by atoms with E-state index in [-0.39, 0.29) is 24.8 Å². The molecule has 1 aromatic heterocycles. The van der Waals surface area contributed by atoms with Crippen LogP contribution in [-0.4, -0.2) is 22.9 Å². The zero-order valence-corrected chi connectivity index (χ0v) is 16.8. The molecule has 0 radical (unpaired) electrons. The van der Waals surface area contributed by atoms with E-state index in [2.05, 4.69) is 41.5 Å². The largest absolute Gasteiger partial charge is 0.352 e. The fourth-order valence-corrected chi connectivity index (χ4v) is 2.98. The maximum absolute atomic E-state index is 12.3. The lowest BCUT2D eigenvalue weighted by molar-refractivity contribution is -0.118. The van der Waals surface area contributed by atoms with Crippen LogP contribution in [0.25, 0.3) is 0 Å². The van der Waals surface area contributed by atoms with Crippen LogP contribution in [-0.2, 0) is 11.3 Å². The number of carbonyl (C=O) groups excluding carboxylic acids is 2. The van der Waals surface area contributed by atoms with Gasteiger partial charge in [0, 0.05) is 31.3 Å². The second-order valence-electron chi connectivity index (χ2n) is 7.00. The van der Waals surface area contributed by atoms with Crippen LogP contribution in [0.1, 0.15) is 33.5 Å². The van der Waals surface area contributed by atoms with Crippen molar-refractivity contribution in [2.24, 2.45) is 4.99 Å². The average Bonchev–Trinajstić information content (AvgIpc) is 2.71. The highest BCUT2D eigenvalue weighted by atomic mass is 16.2. The summed E-state index contributed by atoms with van der Waals surface area (Å²) in [5.74, 6) is -0.441. The molecule has 0 atom stereocenters. The van der Waals surface area contributed by atoms with Gasteiger partial charge in [-0.2, -0.15) is 4.99 Å². The normalized spacial score (nSPS) is 11.3. The number of pyridine rings is 1. The number of hydrogen-bond acceptors (Lipinski definition) is 2. The zero-order chi connectivity index (χ0) is 20.6. The van der Waals surface area contributed by atoms with E-state index in [1.54, 1.807) is 6.07 Å². The highest BCUT2D eigenvalue weighted by molar-refractivity contribution is 5.95. The first kappa shape index (κ1) is 20.3. The van der Waals surface area contributed by atoms with Crippen LogP contribution < -0.4 is 10.8 Å². The molecule has 3 rings (SSSR count). The average molecular weight is 387 g/mol. The van der Waals surface area contributed by atoms with Gasteiger partial charge in [0.2, 0.25) is 5.91 Å². The molecule has 0 bridgehead atoms. The molecule has 2 amide bonds. The summed E-state index contributed by atoms with van der Waals surface area (Å²) in [7, 11) is 0. The van der Waals surface area contributed by atoms with E-state index >= 15 is 0 Å². The minimum atomic E-state index is -0.265. The van der Waals surface area contributed by atoms with Gasteiger partial charge in [-0.3, -0.25) is 9.59 Å². The molecule has 0 spiro atoms. The van der Waals surface area contributed by atoms with E-state index in [4.69, 9.17) is 0 Å². The number of rotatable bonds is 6. The van der Waals surface area contributed by atoms with E-state index in [0.29, 0.717) is 17.6 Å². The van der Waals surface area contributed by atoms with Crippen molar-refractivity contribution in [3.8, 4) is 0 Å². The molecule has 148 valence electrons. The van der Waals surface area contributed by atoms with E-state index < -0.39 is 0 Å². The van der Waals surface area contributed by atoms with Crippen LogP contribution in [0.4, 0.5) is 0 Å². The molecule has 0 aliphatic rings. The molecule has 5 nitrogen and oxygen atoms in total. The minimum absolute atomic E-state index is 0.150. The first-order chi connectivity index (χ1) is 14.0. The molecule has 0 aliphatic carbocycles. The third kappa shape index (κ3) is 5.75. The smallest absolute Gasteiger partial charge is 0.251 e. The summed E-state index contributed by atoms with van der Waals surface area (Å²) in [6.45, 7) is 4.83. The van der Waals surface area contributed by atoms with Gasteiger partial charge in [0.15, 0.2) is 0 Å². The lowest BCUT2D eigenvalue weighted by Crippen LogP contribution is -2.27. The minimum Gasteiger partial charge on any atom is -0.352 e. The first-order valence-electron chi connectivity index (χ1n) is 9.65. The summed E-state index contributed by atoms with van der Waals surface area (Å²) in [5.41, 5.74) is 4.47. The lowest BCUT2D eigenvalue weighted by atomic mass is 10.1.